The van der Waals surface area contributed by atoms with Gasteiger partial charge in [-0.15, -0.1) is 11.3 Å². The number of fused-ring (bicyclic) bond motifs is 1. The maximum Gasteiger partial charge on any atom is 0.188 e. The maximum absolute atomic E-state index is 5.15. The topological polar surface area (TPSA) is 101 Å². The number of hydrogen-bond acceptors (Lipinski definition) is 9. The molecule has 0 aromatic carbocycles. The zero-order chi connectivity index (χ0) is 25.0. The standard InChI is InChI=1S/C28H32N8S/c1-28(2)15-29-9-8-22(28)34-26-24-19(16-3-4-16)12-30-13-20(24)32-25(36-26)18-7-10-31-23(11-18)35-27-33-21(14-37-27)17-5-6-17/h7,10-14,16-17,22,29H,3-6,8-9,15H2,1-2H3,(H,31,33,35)(H,32,34,36). The highest BCUT2D eigenvalue weighted by Gasteiger charge is 2.34. The van der Waals surface area contributed by atoms with Crippen molar-refractivity contribution in [3.63, 3.8) is 0 Å². The van der Waals surface area contributed by atoms with Crippen molar-refractivity contribution in [3.05, 3.63) is 47.4 Å². The van der Waals surface area contributed by atoms with Gasteiger partial charge >= 0.3 is 0 Å². The molecule has 3 aliphatic rings. The molecule has 4 aromatic heterocycles. The molecule has 8 nitrogen and oxygen atoms in total. The number of nitrogens with zero attached hydrogens (tertiary/aromatic N) is 5. The number of nitrogens with one attached hydrogen (secondary N) is 3. The molecule has 0 spiro atoms. The van der Waals surface area contributed by atoms with Gasteiger partial charge in [0.25, 0.3) is 0 Å². The van der Waals surface area contributed by atoms with E-state index in [0.717, 1.165) is 52.7 Å². The molecule has 1 saturated heterocycles. The molecular formula is C28H32N8S. The lowest BCUT2D eigenvalue weighted by Gasteiger charge is -2.40. The second kappa shape index (κ2) is 8.99. The average Bonchev–Trinajstić information content (AvgIpc) is 3.83. The Labute approximate surface area is 220 Å². The van der Waals surface area contributed by atoms with Gasteiger partial charge in [-0.05, 0) is 67.7 Å². The van der Waals surface area contributed by atoms with Gasteiger partial charge in [0.05, 0.1) is 17.4 Å². The lowest BCUT2D eigenvalue weighted by Crippen LogP contribution is -2.49. The number of hydrogen-bond donors (Lipinski definition) is 3. The number of aromatic nitrogens is 5. The molecule has 3 N–H and O–H groups in total. The van der Waals surface area contributed by atoms with Crippen molar-refractivity contribution in [1.29, 1.82) is 0 Å². The number of thiazole rings is 1. The zero-order valence-electron chi connectivity index (χ0n) is 21.3. The fourth-order valence-corrected chi connectivity index (χ4v) is 6.11. The predicted octanol–water partition coefficient (Wildman–Crippen LogP) is 5.84. The SMILES string of the molecule is CC1(C)CNCCC1Nc1nc(-c2ccnc(Nc3nc(C4CC4)cs3)c2)nc2cncc(C3CC3)c12. The fourth-order valence-electron chi connectivity index (χ4n) is 5.31. The van der Waals surface area contributed by atoms with E-state index in [-0.39, 0.29) is 5.41 Å². The molecule has 1 aliphatic heterocycles. The average molecular weight is 513 g/mol. The first-order chi connectivity index (χ1) is 18.0. The van der Waals surface area contributed by atoms with Crippen molar-refractivity contribution in [3.8, 4) is 11.4 Å². The number of anilines is 3. The van der Waals surface area contributed by atoms with Gasteiger partial charge in [-0.1, -0.05) is 13.8 Å². The highest BCUT2D eigenvalue weighted by atomic mass is 32.1. The third-order valence-corrected chi connectivity index (χ3v) is 8.64. The van der Waals surface area contributed by atoms with Crippen LogP contribution in [0.4, 0.5) is 16.8 Å². The van der Waals surface area contributed by atoms with E-state index in [2.05, 4.69) is 45.1 Å². The van der Waals surface area contributed by atoms with Gasteiger partial charge in [-0.25, -0.2) is 19.9 Å². The molecule has 5 heterocycles. The van der Waals surface area contributed by atoms with E-state index in [1.807, 2.05) is 30.7 Å². The van der Waals surface area contributed by atoms with Crippen LogP contribution in [0.2, 0.25) is 0 Å². The Morgan fingerprint density at radius 1 is 1.03 bits per heavy atom. The molecule has 2 saturated carbocycles. The molecule has 1 atom stereocenters. The molecule has 190 valence electrons. The Hall–Kier alpha value is -3.17. The van der Waals surface area contributed by atoms with E-state index in [1.165, 1.54) is 36.9 Å². The first-order valence-corrected chi connectivity index (χ1v) is 14.2. The Bertz CT molecular complexity index is 1460. The molecule has 1 unspecified atom stereocenters. The van der Waals surface area contributed by atoms with Gasteiger partial charge in [-0.3, -0.25) is 4.98 Å². The van der Waals surface area contributed by atoms with Crippen LogP contribution in [0, 0.1) is 5.41 Å². The van der Waals surface area contributed by atoms with Crippen LogP contribution in [0.3, 0.4) is 0 Å². The normalized spacial score (nSPS) is 21.2. The summed E-state index contributed by atoms with van der Waals surface area (Å²) in [5.74, 6) is 3.55. The second-order valence-corrected chi connectivity index (χ2v) is 12.2. The lowest BCUT2D eigenvalue weighted by atomic mass is 9.80. The second-order valence-electron chi connectivity index (χ2n) is 11.4. The van der Waals surface area contributed by atoms with Crippen LogP contribution in [-0.2, 0) is 0 Å². The van der Waals surface area contributed by atoms with Crippen molar-refractivity contribution in [2.24, 2.45) is 5.41 Å². The molecule has 9 heteroatoms. The minimum Gasteiger partial charge on any atom is -0.366 e. The summed E-state index contributed by atoms with van der Waals surface area (Å²) < 4.78 is 0. The molecule has 3 fully saturated rings. The summed E-state index contributed by atoms with van der Waals surface area (Å²) in [4.78, 5) is 24.0. The Balaban J connectivity index is 1.26. The minimum atomic E-state index is 0.114. The van der Waals surface area contributed by atoms with Gasteiger partial charge in [0.1, 0.15) is 11.6 Å². The molecule has 0 amide bonds. The van der Waals surface area contributed by atoms with E-state index >= 15 is 0 Å². The summed E-state index contributed by atoms with van der Waals surface area (Å²) in [5.41, 5.74) is 4.39. The Morgan fingerprint density at radius 3 is 2.70 bits per heavy atom. The van der Waals surface area contributed by atoms with Crippen LogP contribution in [0.15, 0.2) is 36.1 Å². The largest absolute Gasteiger partial charge is 0.366 e. The Morgan fingerprint density at radius 2 is 1.89 bits per heavy atom. The van der Waals surface area contributed by atoms with E-state index in [0.29, 0.717) is 23.7 Å². The fraction of sp³-hybridized carbons (Fsp3) is 0.464. The molecule has 4 aromatic rings. The van der Waals surface area contributed by atoms with Crippen LogP contribution in [0.5, 0.6) is 0 Å². The van der Waals surface area contributed by atoms with Crippen LogP contribution in [0.1, 0.15) is 69.0 Å². The summed E-state index contributed by atoms with van der Waals surface area (Å²) in [5, 5.41) is 14.9. The summed E-state index contributed by atoms with van der Waals surface area (Å²) >= 11 is 1.63. The molecule has 0 radical (unpaired) electrons. The van der Waals surface area contributed by atoms with Crippen LogP contribution < -0.4 is 16.0 Å². The summed E-state index contributed by atoms with van der Waals surface area (Å²) in [6.45, 7) is 6.62. The first-order valence-electron chi connectivity index (χ1n) is 13.4. The highest BCUT2D eigenvalue weighted by molar-refractivity contribution is 7.13. The third-order valence-electron chi connectivity index (χ3n) is 7.87. The monoisotopic (exact) mass is 512 g/mol. The van der Waals surface area contributed by atoms with Crippen molar-refractivity contribution >= 4 is 39.0 Å². The molecule has 7 rings (SSSR count). The van der Waals surface area contributed by atoms with Crippen LogP contribution >= 0.6 is 11.3 Å². The highest BCUT2D eigenvalue weighted by Crippen LogP contribution is 2.45. The van der Waals surface area contributed by atoms with E-state index < -0.39 is 0 Å². The van der Waals surface area contributed by atoms with Gasteiger partial charge < -0.3 is 16.0 Å². The van der Waals surface area contributed by atoms with Gasteiger partial charge in [0.2, 0.25) is 0 Å². The third kappa shape index (κ3) is 4.66. The maximum atomic E-state index is 5.15. The summed E-state index contributed by atoms with van der Waals surface area (Å²) in [6.07, 6.45) is 11.7. The van der Waals surface area contributed by atoms with Gasteiger partial charge in [0, 0.05) is 47.2 Å². The quantitative estimate of drug-likeness (QED) is 0.284. The number of pyridine rings is 2. The molecular weight excluding hydrogens is 480 g/mol. The summed E-state index contributed by atoms with van der Waals surface area (Å²) in [6, 6.07) is 4.30. The molecule has 2 aliphatic carbocycles. The van der Waals surface area contributed by atoms with Gasteiger partial charge in [-0.2, -0.15) is 0 Å². The molecule has 37 heavy (non-hydrogen) atoms. The smallest absolute Gasteiger partial charge is 0.188 e. The van der Waals surface area contributed by atoms with Gasteiger partial charge in [0.15, 0.2) is 11.0 Å². The van der Waals surface area contributed by atoms with Crippen molar-refractivity contribution < 1.29 is 0 Å². The number of piperidine rings is 1. The predicted molar refractivity (Wildman–Crippen MR) is 149 cm³/mol. The van der Waals surface area contributed by atoms with E-state index in [4.69, 9.17) is 15.0 Å². The number of rotatable bonds is 7. The van der Waals surface area contributed by atoms with Crippen molar-refractivity contribution in [2.75, 3.05) is 23.7 Å². The first kappa shape index (κ1) is 23.0. The van der Waals surface area contributed by atoms with E-state index in [9.17, 15) is 0 Å². The van der Waals surface area contributed by atoms with E-state index in [1.54, 1.807) is 11.3 Å². The zero-order valence-corrected chi connectivity index (χ0v) is 22.1. The lowest BCUT2D eigenvalue weighted by molar-refractivity contribution is 0.236. The van der Waals surface area contributed by atoms with Crippen molar-refractivity contribution in [1.82, 2.24) is 30.2 Å². The van der Waals surface area contributed by atoms with Crippen molar-refractivity contribution in [2.45, 2.75) is 63.8 Å². The van der Waals surface area contributed by atoms with Crippen LogP contribution in [0.25, 0.3) is 22.3 Å². The van der Waals surface area contributed by atoms with Crippen LogP contribution in [-0.4, -0.2) is 44.1 Å². The minimum absolute atomic E-state index is 0.114. The molecule has 0 bridgehead atoms. The Kier molecular flexibility index (Phi) is 5.58. The summed E-state index contributed by atoms with van der Waals surface area (Å²) in [7, 11) is 0.